The minimum atomic E-state index is -3.95. The summed E-state index contributed by atoms with van der Waals surface area (Å²) in [5.74, 6) is 0.684. The van der Waals surface area contributed by atoms with Crippen LogP contribution in [-0.2, 0) is 10.0 Å². The van der Waals surface area contributed by atoms with Gasteiger partial charge in [0, 0.05) is 21.9 Å². The van der Waals surface area contributed by atoms with Crippen molar-refractivity contribution >= 4 is 31.6 Å². The van der Waals surface area contributed by atoms with Gasteiger partial charge in [-0.15, -0.1) is 0 Å². The van der Waals surface area contributed by atoms with E-state index < -0.39 is 10.0 Å². The minimum absolute atomic E-state index is 0.0444. The second kappa shape index (κ2) is 8.06. The number of primary sulfonamides is 1. The van der Waals surface area contributed by atoms with Gasteiger partial charge in [-0.05, 0) is 58.3 Å². The Bertz CT molecular complexity index is 1690. The van der Waals surface area contributed by atoms with E-state index in [1.165, 1.54) is 19.2 Å². The van der Waals surface area contributed by atoms with Crippen LogP contribution in [0.15, 0.2) is 89.8 Å². The first-order valence-corrected chi connectivity index (χ1v) is 12.0. The van der Waals surface area contributed by atoms with E-state index in [4.69, 9.17) is 9.88 Å². The Balaban J connectivity index is 1.91. The molecule has 0 saturated carbocycles. The molecule has 0 radical (unpaired) electrons. The number of phenolic OH excluding ortho intramolecular Hbond substituents is 2. The van der Waals surface area contributed by atoms with Gasteiger partial charge < -0.3 is 14.9 Å². The molecule has 0 aliphatic rings. The number of rotatable bonds is 4. The molecule has 5 aromatic rings. The highest BCUT2D eigenvalue weighted by atomic mass is 32.2. The van der Waals surface area contributed by atoms with Gasteiger partial charge in [0.25, 0.3) is 0 Å². The van der Waals surface area contributed by atoms with Crippen LogP contribution in [0.5, 0.6) is 17.2 Å². The third kappa shape index (κ3) is 3.51. The molecule has 5 rings (SSSR count). The average molecular weight is 472 g/mol. The van der Waals surface area contributed by atoms with Crippen LogP contribution in [0, 0.1) is 0 Å². The Kier molecular flexibility index (Phi) is 5.16. The van der Waals surface area contributed by atoms with Crippen molar-refractivity contribution in [3.8, 4) is 39.5 Å². The second-order valence-corrected chi connectivity index (χ2v) is 9.51. The molecule has 0 atom stereocenters. The number of hydrogen-bond donors (Lipinski definition) is 3. The van der Waals surface area contributed by atoms with Gasteiger partial charge in [-0.3, -0.25) is 0 Å². The van der Waals surface area contributed by atoms with E-state index in [0.29, 0.717) is 33.2 Å². The number of aromatic hydroxyl groups is 2. The normalized spacial score (nSPS) is 11.7. The highest BCUT2D eigenvalue weighted by Crippen LogP contribution is 2.46. The number of phenols is 2. The molecule has 4 N–H and O–H groups in total. The first-order valence-electron chi connectivity index (χ1n) is 10.5. The van der Waals surface area contributed by atoms with Gasteiger partial charge in [-0.1, -0.05) is 48.5 Å². The summed E-state index contributed by atoms with van der Waals surface area (Å²) in [6, 6.07) is 24.3. The molecule has 0 fully saturated rings. The van der Waals surface area contributed by atoms with Crippen LogP contribution in [0.2, 0.25) is 0 Å². The lowest BCUT2D eigenvalue weighted by molar-refractivity contribution is 0.416. The summed E-state index contributed by atoms with van der Waals surface area (Å²) in [7, 11) is -2.44. The number of ether oxygens (including phenoxy) is 1. The lowest BCUT2D eigenvalue weighted by Gasteiger charge is -2.17. The Labute approximate surface area is 196 Å². The SMILES string of the molecule is COc1ccc(S(N)(=O)=O)cc1-c1cc(-c2ccc(O)c3ccccc23)c(O)c2ccccc12. The quantitative estimate of drug-likeness (QED) is 0.325. The van der Waals surface area contributed by atoms with Crippen molar-refractivity contribution in [2.45, 2.75) is 4.90 Å². The minimum Gasteiger partial charge on any atom is -0.507 e. The molecule has 0 saturated heterocycles. The number of benzene rings is 5. The van der Waals surface area contributed by atoms with E-state index >= 15 is 0 Å². The molecular weight excluding hydrogens is 450 g/mol. The Morgan fingerprint density at radius 2 is 1.29 bits per heavy atom. The molecule has 0 heterocycles. The Morgan fingerprint density at radius 3 is 1.94 bits per heavy atom. The molecule has 6 nitrogen and oxygen atoms in total. The smallest absolute Gasteiger partial charge is 0.238 e. The maximum Gasteiger partial charge on any atom is 0.238 e. The average Bonchev–Trinajstić information content (AvgIpc) is 2.84. The van der Waals surface area contributed by atoms with Crippen LogP contribution < -0.4 is 9.88 Å². The molecule has 34 heavy (non-hydrogen) atoms. The molecule has 0 spiro atoms. The van der Waals surface area contributed by atoms with Crippen molar-refractivity contribution < 1.29 is 23.4 Å². The lowest BCUT2D eigenvalue weighted by atomic mass is 9.89. The van der Waals surface area contributed by atoms with Crippen LogP contribution in [0.25, 0.3) is 43.8 Å². The van der Waals surface area contributed by atoms with Crippen molar-refractivity contribution in [2.75, 3.05) is 7.11 Å². The zero-order chi connectivity index (χ0) is 24.0. The predicted molar refractivity (Wildman–Crippen MR) is 134 cm³/mol. The predicted octanol–water partition coefficient (Wildman–Crippen LogP) is 5.39. The summed E-state index contributed by atoms with van der Waals surface area (Å²) in [4.78, 5) is -0.0444. The fraction of sp³-hybridized carbons (Fsp3) is 0.0370. The van der Waals surface area contributed by atoms with Gasteiger partial charge in [0.2, 0.25) is 10.0 Å². The monoisotopic (exact) mass is 471 g/mol. The maximum absolute atomic E-state index is 12.1. The highest BCUT2D eigenvalue weighted by Gasteiger charge is 2.20. The molecular formula is C27H21NO5S. The molecule has 0 unspecified atom stereocenters. The van der Waals surface area contributed by atoms with E-state index in [2.05, 4.69) is 0 Å². The first kappa shape index (κ1) is 21.8. The first-order chi connectivity index (χ1) is 16.3. The number of fused-ring (bicyclic) bond motifs is 2. The largest absolute Gasteiger partial charge is 0.507 e. The third-order valence-corrected chi connectivity index (χ3v) is 6.91. The van der Waals surface area contributed by atoms with Gasteiger partial charge in [0.05, 0.1) is 12.0 Å². The van der Waals surface area contributed by atoms with Gasteiger partial charge >= 0.3 is 0 Å². The lowest BCUT2D eigenvalue weighted by Crippen LogP contribution is -2.12. The molecule has 0 bridgehead atoms. The summed E-state index contributed by atoms with van der Waals surface area (Å²) >= 11 is 0. The number of hydrogen-bond acceptors (Lipinski definition) is 5. The maximum atomic E-state index is 12.1. The molecule has 0 aliphatic carbocycles. The molecule has 0 amide bonds. The van der Waals surface area contributed by atoms with Crippen LogP contribution in [0.3, 0.4) is 0 Å². The number of methoxy groups -OCH3 is 1. The van der Waals surface area contributed by atoms with E-state index in [-0.39, 0.29) is 16.4 Å². The van der Waals surface area contributed by atoms with Gasteiger partial charge in [-0.2, -0.15) is 0 Å². The van der Waals surface area contributed by atoms with E-state index in [0.717, 1.165) is 16.3 Å². The van der Waals surface area contributed by atoms with Crippen molar-refractivity contribution in [3.05, 3.63) is 84.9 Å². The zero-order valence-corrected chi connectivity index (χ0v) is 19.0. The molecule has 7 heteroatoms. The second-order valence-electron chi connectivity index (χ2n) is 7.95. The summed E-state index contributed by atoms with van der Waals surface area (Å²) < 4.78 is 29.7. The summed E-state index contributed by atoms with van der Waals surface area (Å²) in [6.45, 7) is 0. The topological polar surface area (TPSA) is 110 Å². The fourth-order valence-electron chi connectivity index (χ4n) is 4.38. The van der Waals surface area contributed by atoms with Crippen LogP contribution >= 0.6 is 0 Å². The van der Waals surface area contributed by atoms with Crippen LogP contribution in [0.1, 0.15) is 0 Å². The van der Waals surface area contributed by atoms with Gasteiger partial charge in [0.15, 0.2) is 0 Å². The van der Waals surface area contributed by atoms with Crippen molar-refractivity contribution in [1.82, 2.24) is 0 Å². The molecule has 170 valence electrons. The molecule has 0 aromatic heterocycles. The Hall–Kier alpha value is -4.07. The number of sulfonamides is 1. The molecule has 5 aromatic carbocycles. The number of nitrogens with two attached hydrogens (primary N) is 1. The van der Waals surface area contributed by atoms with Crippen molar-refractivity contribution in [2.24, 2.45) is 5.14 Å². The highest BCUT2D eigenvalue weighted by molar-refractivity contribution is 7.89. The standard InChI is InChI=1S/C27H21NO5S/c1-33-26-13-10-16(34(28,31)32)14-23(26)22-15-24(27(30)21-9-5-3-7-18(21)22)19-11-12-25(29)20-8-4-2-6-17(19)20/h2-15,29-30H,1H3,(H2,28,31,32). The van der Waals surface area contributed by atoms with Gasteiger partial charge in [0.1, 0.15) is 17.2 Å². The Morgan fingerprint density at radius 1 is 0.676 bits per heavy atom. The summed E-state index contributed by atoms with van der Waals surface area (Å²) in [5, 5.41) is 29.8. The van der Waals surface area contributed by atoms with Crippen LogP contribution in [-0.4, -0.2) is 25.7 Å². The fourth-order valence-corrected chi connectivity index (χ4v) is 4.92. The summed E-state index contributed by atoms with van der Waals surface area (Å²) in [5.41, 5.74) is 2.45. The van der Waals surface area contributed by atoms with Crippen LogP contribution in [0.4, 0.5) is 0 Å². The van der Waals surface area contributed by atoms with E-state index in [1.807, 2.05) is 42.5 Å². The van der Waals surface area contributed by atoms with E-state index in [9.17, 15) is 18.6 Å². The zero-order valence-electron chi connectivity index (χ0n) is 18.2. The third-order valence-electron chi connectivity index (χ3n) is 6.00. The molecule has 0 aliphatic heterocycles. The summed E-state index contributed by atoms with van der Waals surface area (Å²) in [6.07, 6.45) is 0. The van der Waals surface area contributed by atoms with Crippen molar-refractivity contribution in [3.63, 3.8) is 0 Å². The van der Waals surface area contributed by atoms with E-state index in [1.54, 1.807) is 30.3 Å². The van der Waals surface area contributed by atoms with Gasteiger partial charge in [-0.25, -0.2) is 13.6 Å². The van der Waals surface area contributed by atoms with Crippen molar-refractivity contribution in [1.29, 1.82) is 0 Å².